The highest BCUT2D eigenvalue weighted by Crippen LogP contribution is 2.50. The number of ether oxygens (including phenoxy) is 3. The third-order valence-corrected chi connectivity index (χ3v) is 14.7. The second-order valence-electron chi connectivity index (χ2n) is 18.3. The van der Waals surface area contributed by atoms with Gasteiger partial charge in [0.25, 0.3) is 0 Å². The maximum atomic E-state index is 6.69. The molecule has 0 saturated carbocycles. The molecule has 324 valence electrons. The molecule has 1 unspecified atom stereocenters. The number of fused-ring (bicyclic) bond motifs is 3. The summed E-state index contributed by atoms with van der Waals surface area (Å²) < 4.78 is 19.3. The Morgan fingerprint density at radius 3 is 2.02 bits per heavy atom. The van der Waals surface area contributed by atoms with E-state index in [4.69, 9.17) is 24.2 Å². The number of likely N-dealkylation sites (tertiary alicyclic amines) is 1. The first-order valence-electron chi connectivity index (χ1n) is 23.2. The number of hydrogen-bond donors (Lipinski definition) is 0. The highest BCUT2D eigenvalue weighted by molar-refractivity contribution is 5.56. The fourth-order valence-corrected chi connectivity index (χ4v) is 11.5. The predicted molar refractivity (Wildman–Crippen MR) is 251 cm³/mol. The van der Waals surface area contributed by atoms with E-state index >= 15 is 0 Å². The van der Waals surface area contributed by atoms with Crippen LogP contribution in [0.3, 0.4) is 0 Å². The Bertz CT molecular complexity index is 2360. The van der Waals surface area contributed by atoms with Gasteiger partial charge in [0.05, 0.1) is 23.9 Å². The van der Waals surface area contributed by atoms with Crippen LogP contribution < -0.4 is 14.4 Å². The average molecular weight is 840 g/mol. The van der Waals surface area contributed by atoms with E-state index in [0.717, 1.165) is 82.0 Å². The summed E-state index contributed by atoms with van der Waals surface area (Å²) in [6, 6.07) is 51.4. The van der Waals surface area contributed by atoms with Crippen molar-refractivity contribution in [3.8, 4) is 11.8 Å². The number of benzene rings is 5. The fraction of sp³-hybridized carbons (Fsp3) is 0.382. The average Bonchev–Trinajstić information content (AvgIpc) is 3.76. The number of rotatable bonds is 13. The van der Waals surface area contributed by atoms with Crippen LogP contribution in [0.4, 0.5) is 5.82 Å². The van der Waals surface area contributed by atoms with Crippen molar-refractivity contribution in [2.24, 2.45) is 0 Å². The van der Waals surface area contributed by atoms with E-state index in [1.807, 2.05) is 7.11 Å². The van der Waals surface area contributed by atoms with Crippen LogP contribution >= 0.6 is 0 Å². The predicted octanol–water partition coefficient (Wildman–Crippen LogP) is 9.42. The van der Waals surface area contributed by atoms with Gasteiger partial charge in [-0.1, -0.05) is 127 Å². The summed E-state index contributed by atoms with van der Waals surface area (Å²) >= 11 is 0. The Labute approximate surface area is 373 Å². The lowest BCUT2D eigenvalue weighted by atomic mass is 9.62. The molecule has 3 atom stereocenters. The summed E-state index contributed by atoms with van der Waals surface area (Å²) in [6.45, 7) is 5.20. The topological polar surface area (TPSA) is 63.2 Å². The zero-order chi connectivity index (χ0) is 42.6. The summed E-state index contributed by atoms with van der Waals surface area (Å²) in [5.41, 5.74) is 9.69. The Morgan fingerprint density at radius 2 is 1.37 bits per heavy atom. The first kappa shape index (κ1) is 41.5. The fourth-order valence-electron chi connectivity index (χ4n) is 11.5. The number of nitrogens with zero attached hydrogens (tertiary/aromatic N) is 5. The minimum Gasteiger partial charge on any atom is -0.489 e. The molecule has 8 heteroatoms. The van der Waals surface area contributed by atoms with E-state index < -0.39 is 5.54 Å². The molecule has 1 spiro atoms. The first-order valence-corrected chi connectivity index (χ1v) is 23.2. The van der Waals surface area contributed by atoms with E-state index in [1.165, 1.54) is 51.8 Å². The summed E-state index contributed by atoms with van der Waals surface area (Å²) in [5, 5.41) is 0. The van der Waals surface area contributed by atoms with Crippen LogP contribution in [-0.2, 0) is 41.6 Å². The highest BCUT2D eigenvalue weighted by Gasteiger charge is 2.47. The second-order valence-corrected chi connectivity index (χ2v) is 18.3. The van der Waals surface area contributed by atoms with Gasteiger partial charge in [-0.15, -0.1) is 0 Å². The summed E-state index contributed by atoms with van der Waals surface area (Å²) in [7, 11) is 4.04. The maximum Gasteiger partial charge on any atom is 0.318 e. The van der Waals surface area contributed by atoms with Crippen molar-refractivity contribution in [2.45, 2.75) is 81.0 Å². The van der Waals surface area contributed by atoms with Crippen molar-refractivity contribution >= 4 is 5.82 Å². The Balaban J connectivity index is 1.02. The summed E-state index contributed by atoms with van der Waals surface area (Å²) in [6.07, 6.45) is 8.55. The Morgan fingerprint density at radius 1 is 0.683 bits per heavy atom. The molecule has 3 heterocycles. The molecule has 0 bridgehead atoms. The minimum absolute atomic E-state index is 0.0213. The van der Waals surface area contributed by atoms with Crippen molar-refractivity contribution in [1.29, 1.82) is 0 Å². The quantitative estimate of drug-likeness (QED) is 0.107. The molecule has 10 rings (SSSR count). The van der Waals surface area contributed by atoms with Gasteiger partial charge in [0, 0.05) is 43.8 Å². The van der Waals surface area contributed by atoms with Crippen LogP contribution in [0.25, 0.3) is 0 Å². The van der Waals surface area contributed by atoms with E-state index in [2.05, 4.69) is 161 Å². The van der Waals surface area contributed by atoms with Gasteiger partial charge in [-0.2, -0.15) is 9.97 Å². The van der Waals surface area contributed by atoms with Gasteiger partial charge in [-0.25, -0.2) is 0 Å². The lowest BCUT2D eigenvalue weighted by molar-refractivity contribution is 0.0879. The van der Waals surface area contributed by atoms with Gasteiger partial charge in [-0.3, -0.25) is 4.90 Å². The molecular weight excluding hydrogens is 779 g/mol. The maximum absolute atomic E-state index is 6.69. The molecule has 63 heavy (non-hydrogen) atoms. The van der Waals surface area contributed by atoms with E-state index in [9.17, 15) is 0 Å². The molecule has 2 aliphatic heterocycles. The molecule has 0 radical (unpaired) electrons. The van der Waals surface area contributed by atoms with E-state index in [1.54, 1.807) is 0 Å². The monoisotopic (exact) mass is 839 g/mol. The van der Waals surface area contributed by atoms with Gasteiger partial charge in [0.1, 0.15) is 24.8 Å². The summed E-state index contributed by atoms with van der Waals surface area (Å²) in [5.74, 6) is 1.96. The SMILES string of the molecule is COC[C@H]1CN(C(c2ccccc2)(c2ccccc2)c2ccccc2)CCN1c1nc(OC[C@@H]2CCCN2C)nc2c1CCC1(CCCc3ccc(OCc4ccccc4)cc31)C2. The van der Waals surface area contributed by atoms with Crippen molar-refractivity contribution < 1.29 is 14.2 Å². The number of hydrogen-bond acceptors (Lipinski definition) is 8. The third kappa shape index (κ3) is 8.14. The molecule has 2 fully saturated rings. The second kappa shape index (κ2) is 18.3. The molecule has 2 saturated heterocycles. The molecule has 4 aliphatic rings. The van der Waals surface area contributed by atoms with Crippen molar-refractivity contribution in [2.75, 3.05) is 58.5 Å². The molecular formula is C55H61N5O3. The number of aryl methyl sites for hydroxylation is 1. The molecule has 6 aromatic rings. The standard InChI is InChI=1S/C55H61N5O3/c1-58-32-16-26-46(58)40-63-53-56-51-36-54(30-15-19-42-27-28-48(35-50(42)54)62-38-41-17-7-3-8-18-41)31-29-49(51)52(57-53)60-34-33-59(37-47(60)39-61-2)55(43-20-9-4-10-21-43,44-22-11-5-12-23-44)45-24-13-6-14-25-45/h3-14,17-18,20-25,27-28,35,46-47H,15-16,19,26,29-34,36-40H2,1-2H3/t46-,47+,54?/m0/s1. The number of likely N-dealkylation sites (N-methyl/N-ethyl adjacent to an activating group) is 1. The number of aromatic nitrogens is 2. The smallest absolute Gasteiger partial charge is 0.318 e. The molecule has 1 aromatic heterocycles. The van der Waals surface area contributed by atoms with Crippen LogP contribution in [0.5, 0.6) is 11.8 Å². The van der Waals surface area contributed by atoms with Crippen molar-refractivity contribution in [1.82, 2.24) is 19.8 Å². The van der Waals surface area contributed by atoms with Gasteiger partial charge in [-0.05, 0) is 110 Å². The number of anilines is 1. The van der Waals surface area contributed by atoms with Crippen LogP contribution in [0.2, 0.25) is 0 Å². The largest absolute Gasteiger partial charge is 0.489 e. The Kier molecular flexibility index (Phi) is 12.0. The number of methoxy groups -OCH3 is 1. The molecule has 0 N–H and O–H groups in total. The van der Waals surface area contributed by atoms with Crippen molar-refractivity contribution in [3.05, 3.63) is 184 Å². The first-order chi connectivity index (χ1) is 31.0. The van der Waals surface area contributed by atoms with Crippen LogP contribution in [-0.4, -0.2) is 85.4 Å². The lowest BCUT2D eigenvalue weighted by Crippen LogP contribution is -2.62. The Hall–Kier alpha value is -5.54. The molecule has 8 nitrogen and oxygen atoms in total. The van der Waals surface area contributed by atoms with Gasteiger partial charge < -0.3 is 24.0 Å². The zero-order valence-electron chi connectivity index (χ0n) is 37.0. The lowest BCUT2D eigenvalue weighted by Gasteiger charge is -2.52. The van der Waals surface area contributed by atoms with Gasteiger partial charge in [0.15, 0.2) is 0 Å². The van der Waals surface area contributed by atoms with Crippen LogP contribution in [0, 0.1) is 0 Å². The van der Waals surface area contributed by atoms with Crippen molar-refractivity contribution in [3.63, 3.8) is 0 Å². The normalized spacial score (nSPS) is 21.5. The van der Waals surface area contributed by atoms with Crippen LogP contribution in [0.15, 0.2) is 140 Å². The molecule has 5 aromatic carbocycles. The van der Waals surface area contributed by atoms with Crippen LogP contribution in [0.1, 0.15) is 76.7 Å². The molecule has 2 aliphatic carbocycles. The molecule has 0 amide bonds. The minimum atomic E-state index is -0.515. The zero-order valence-corrected chi connectivity index (χ0v) is 37.0. The third-order valence-electron chi connectivity index (χ3n) is 14.7. The summed E-state index contributed by atoms with van der Waals surface area (Å²) in [4.78, 5) is 18.4. The van der Waals surface area contributed by atoms with E-state index in [0.29, 0.717) is 31.9 Å². The number of piperazine rings is 1. The van der Waals surface area contributed by atoms with E-state index in [-0.39, 0.29) is 11.5 Å². The highest BCUT2D eigenvalue weighted by atomic mass is 16.5. The van der Waals surface area contributed by atoms with Gasteiger partial charge >= 0.3 is 6.01 Å². The van der Waals surface area contributed by atoms with Gasteiger partial charge in [0.2, 0.25) is 0 Å².